The molecule has 1 aliphatic rings. The van der Waals surface area contributed by atoms with Crippen molar-refractivity contribution in [1.29, 1.82) is 0 Å². The van der Waals surface area contributed by atoms with Crippen LogP contribution in [0.15, 0.2) is 24.3 Å². The summed E-state index contributed by atoms with van der Waals surface area (Å²) in [7, 11) is 2.15. The molecule has 0 aliphatic carbocycles. The van der Waals surface area contributed by atoms with Gasteiger partial charge in [0.05, 0.1) is 0 Å². The molecule has 0 bridgehead atoms. The van der Waals surface area contributed by atoms with E-state index in [1.807, 2.05) is 18.4 Å². The van der Waals surface area contributed by atoms with Gasteiger partial charge in [-0.15, -0.1) is 0 Å². The molecule has 0 unspecified atom stereocenters. The zero-order valence-electron chi connectivity index (χ0n) is 9.65. The second-order valence-electron chi connectivity index (χ2n) is 4.28. The summed E-state index contributed by atoms with van der Waals surface area (Å²) in [6, 6.07) is 8.22. The number of hydrogen-bond acceptors (Lipinski definition) is 3. The molecule has 0 saturated carbocycles. The van der Waals surface area contributed by atoms with Gasteiger partial charge in [-0.1, -0.05) is 12.1 Å². The average Bonchev–Trinajstić information content (AvgIpc) is 2.32. The minimum Gasteiger partial charge on any atom is -0.369 e. The highest BCUT2D eigenvalue weighted by atomic mass is 16.1. The molecule has 0 amide bonds. The van der Waals surface area contributed by atoms with Crippen molar-refractivity contribution in [2.45, 2.75) is 6.42 Å². The predicted octanol–water partition coefficient (Wildman–Crippen LogP) is 1.09. The Morgan fingerprint density at radius 1 is 1.12 bits per heavy atom. The second-order valence-corrected chi connectivity index (χ2v) is 4.28. The Labute approximate surface area is 96.7 Å². The molecule has 3 nitrogen and oxygen atoms in total. The number of likely N-dealkylation sites (N-methyl/N-ethyl adjacent to an activating group) is 1. The van der Waals surface area contributed by atoms with Gasteiger partial charge in [0.1, 0.15) is 0 Å². The first-order valence-electron chi connectivity index (χ1n) is 5.67. The number of anilines is 1. The Balaban J connectivity index is 2.01. The monoisotopic (exact) mass is 217 g/mol. The van der Waals surface area contributed by atoms with Crippen molar-refractivity contribution in [3.63, 3.8) is 0 Å². The van der Waals surface area contributed by atoms with E-state index in [1.54, 1.807) is 0 Å². The number of rotatable bonds is 3. The molecule has 1 aliphatic heterocycles. The maximum Gasteiger partial charge on any atom is 0.203 e. The van der Waals surface area contributed by atoms with Crippen LogP contribution in [0.1, 0.15) is 5.56 Å². The SMILES string of the molecule is CN1CCN(c2ccc(C[C]=O)cc2)CC1. The molecule has 1 radical (unpaired) electrons. The third-order valence-corrected chi connectivity index (χ3v) is 3.08. The van der Waals surface area contributed by atoms with Gasteiger partial charge >= 0.3 is 0 Å². The number of carbonyl (C=O) groups excluding carboxylic acids is 1. The van der Waals surface area contributed by atoms with Crippen molar-refractivity contribution >= 4 is 12.0 Å². The van der Waals surface area contributed by atoms with Crippen LogP contribution in [0.25, 0.3) is 0 Å². The van der Waals surface area contributed by atoms with Crippen LogP contribution in [-0.2, 0) is 11.2 Å². The molecule has 0 atom stereocenters. The molecule has 1 fully saturated rings. The van der Waals surface area contributed by atoms with Crippen molar-refractivity contribution in [2.75, 3.05) is 38.1 Å². The van der Waals surface area contributed by atoms with E-state index >= 15 is 0 Å². The quantitative estimate of drug-likeness (QED) is 0.757. The molecule has 1 aromatic carbocycles. The average molecular weight is 217 g/mol. The Hall–Kier alpha value is -1.35. The lowest BCUT2D eigenvalue weighted by Gasteiger charge is -2.34. The lowest BCUT2D eigenvalue weighted by atomic mass is 10.1. The van der Waals surface area contributed by atoms with Crippen LogP contribution >= 0.6 is 0 Å². The molecule has 85 valence electrons. The van der Waals surface area contributed by atoms with Crippen LogP contribution in [-0.4, -0.2) is 44.4 Å². The summed E-state index contributed by atoms with van der Waals surface area (Å²) in [5.41, 5.74) is 2.29. The van der Waals surface area contributed by atoms with E-state index in [0.29, 0.717) is 6.42 Å². The molecule has 16 heavy (non-hydrogen) atoms. The summed E-state index contributed by atoms with van der Waals surface area (Å²) in [5.74, 6) is 0. The summed E-state index contributed by atoms with van der Waals surface area (Å²) >= 11 is 0. The van der Waals surface area contributed by atoms with Crippen molar-refractivity contribution in [2.24, 2.45) is 0 Å². The zero-order valence-corrected chi connectivity index (χ0v) is 9.65. The fraction of sp³-hybridized carbons (Fsp3) is 0.462. The van der Waals surface area contributed by atoms with Gasteiger partial charge in [0.25, 0.3) is 0 Å². The first-order chi connectivity index (χ1) is 7.79. The number of hydrogen-bond donors (Lipinski definition) is 0. The van der Waals surface area contributed by atoms with Crippen LogP contribution in [0.3, 0.4) is 0 Å². The summed E-state index contributed by atoms with van der Waals surface area (Å²) in [6.45, 7) is 4.39. The van der Waals surface area contributed by atoms with Gasteiger partial charge in [-0.3, -0.25) is 4.79 Å². The van der Waals surface area contributed by atoms with Gasteiger partial charge in [-0.25, -0.2) is 0 Å². The maximum absolute atomic E-state index is 10.3. The van der Waals surface area contributed by atoms with Crippen molar-refractivity contribution in [3.8, 4) is 0 Å². The van der Waals surface area contributed by atoms with E-state index in [9.17, 15) is 4.79 Å². The van der Waals surface area contributed by atoms with Gasteiger partial charge in [-0.2, -0.15) is 0 Å². The standard InChI is InChI=1S/C13H17N2O/c1-14-7-9-15(10-8-14)13-4-2-12(3-5-13)6-11-16/h2-5H,6-10H2,1H3. The minimum absolute atomic E-state index is 0.392. The number of piperazine rings is 1. The second kappa shape index (κ2) is 5.12. The van der Waals surface area contributed by atoms with E-state index in [0.717, 1.165) is 31.7 Å². The zero-order chi connectivity index (χ0) is 11.4. The largest absolute Gasteiger partial charge is 0.369 e. The van der Waals surface area contributed by atoms with Gasteiger partial charge < -0.3 is 9.80 Å². The Kier molecular flexibility index (Phi) is 3.57. The molecule has 0 N–H and O–H groups in total. The molecule has 3 heteroatoms. The van der Waals surface area contributed by atoms with Gasteiger partial charge in [0.2, 0.25) is 6.29 Å². The molecule has 1 aromatic rings. The summed E-state index contributed by atoms with van der Waals surface area (Å²) in [5, 5.41) is 0. The normalized spacial score (nSPS) is 17.4. The minimum atomic E-state index is 0.392. The lowest BCUT2D eigenvalue weighted by molar-refractivity contribution is 0.313. The number of nitrogens with zero attached hydrogens (tertiary/aromatic N) is 2. The van der Waals surface area contributed by atoms with Crippen LogP contribution in [0.4, 0.5) is 5.69 Å². The van der Waals surface area contributed by atoms with Crippen LogP contribution in [0.5, 0.6) is 0 Å². The Morgan fingerprint density at radius 3 is 2.31 bits per heavy atom. The molecule has 0 spiro atoms. The van der Waals surface area contributed by atoms with E-state index in [4.69, 9.17) is 0 Å². The summed E-state index contributed by atoms with van der Waals surface area (Å²) in [6.07, 6.45) is 2.31. The van der Waals surface area contributed by atoms with Gasteiger partial charge in [0, 0.05) is 38.3 Å². The first-order valence-corrected chi connectivity index (χ1v) is 5.67. The van der Waals surface area contributed by atoms with Crippen LogP contribution in [0, 0.1) is 0 Å². The highest BCUT2D eigenvalue weighted by Crippen LogP contribution is 2.16. The van der Waals surface area contributed by atoms with E-state index in [-0.39, 0.29) is 0 Å². The molecule has 1 saturated heterocycles. The van der Waals surface area contributed by atoms with Gasteiger partial charge in [-0.05, 0) is 24.7 Å². The number of benzene rings is 1. The lowest BCUT2D eigenvalue weighted by Crippen LogP contribution is -2.44. The first kappa shape index (κ1) is 11.1. The molecule has 2 rings (SSSR count). The molecular formula is C13H17N2O. The molecule has 1 heterocycles. The third kappa shape index (κ3) is 2.61. The Morgan fingerprint density at radius 2 is 1.75 bits per heavy atom. The molecular weight excluding hydrogens is 200 g/mol. The van der Waals surface area contributed by atoms with E-state index < -0.39 is 0 Å². The fourth-order valence-corrected chi connectivity index (χ4v) is 1.97. The van der Waals surface area contributed by atoms with Crippen molar-refractivity contribution in [1.82, 2.24) is 4.90 Å². The van der Waals surface area contributed by atoms with E-state index in [2.05, 4.69) is 29.0 Å². The summed E-state index contributed by atoms with van der Waals surface area (Å²) < 4.78 is 0. The predicted molar refractivity (Wildman–Crippen MR) is 65.5 cm³/mol. The fourth-order valence-electron chi connectivity index (χ4n) is 1.97. The highest BCUT2D eigenvalue weighted by molar-refractivity contribution is 5.57. The topological polar surface area (TPSA) is 23.6 Å². The van der Waals surface area contributed by atoms with Crippen LogP contribution < -0.4 is 4.90 Å². The molecule has 0 aromatic heterocycles. The van der Waals surface area contributed by atoms with Crippen molar-refractivity contribution < 1.29 is 4.79 Å². The van der Waals surface area contributed by atoms with E-state index in [1.165, 1.54) is 5.69 Å². The van der Waals surface area contributed by atoms with Gasteiger partial charge in [0.15, 0.2) is 0 Å². The van der Waals surface area contributed by atoms with Crippen molar-refractivity contribution in [3.05, 3.63) is 29.8 Å². The van der Waals surface area contributed by atoms with Crippen LogP contribution in [0.2, 0.25) is 0 Å². The smallest absolute Gasteiger partial charge is 0.203 e. The maximum atomic E-state index is 10.3. The summed E-state index contributed by atoms with van der Waals surface area (Å²) in [4.78, 5) is 15.0. The Bertz CT molecular complexity index is 339. The third-order valence-electron chi connectivity index (χ3n) is 3.08. The highest BCUT2D eigenvalue weighted by Gasteiger charge is 2.13.